The second kappa shape index (κ2) is 8.55. The fourth-order valence-corrected chi connectivity index (χ4v) is 3.19. The summed E-state index contributed by atoms with van der Waals surface area (Å²) in [5.41, 5.74) is 2.46. The number of hydrogen-bond donors (Lipinski definition) is 1. The summed E-state index contributed by atoms with van der Waals surface area (Å²) in [6, 6.07) is 6.71. The number of nitrogens with one attached hydrogen (secondary N) is 1. The first-order valence-corrected chi connectivity index (χ1v) is 8.94. The van der Waals surface area contributed by atoms with E-state index in [4.69, 9.17) is 9.15 Å². The summed E-state index contributed by atoms with van der Waals surface area (Å²) in [5.74, 6) is -1.10. The van der Waals surface area contributed by atoms with Crippen molar-refractivity contribution in [1.29, 1.82) is 0 Å². The van der Waals surface area contributed by atoms with E-state index >= 15 is 0 Å². The minimum absolute atomic E-state index is 0.143. The van der Waals surface area contributed by atoms with Crippen LogP contribution in [0.25, 0.3) is 0 Å². The average Bonchev–Trinajstić information content (AvgIpc) is 3.35. The maximum absolute atomic E-state index is 13.1. The molecule has 3 aromatic heterocycles. The third-order valence-corrected chi connectivity index (χ3v) is 4.58. The average molecular weight is 395 g/mol. The zero-order valence-corrected chi connectivity index (χ0v) is 16.4. The van der Waals surface area contributed by atoms with Crippen LogP contribution in [-0.4, -0.2) is 46.2 Å². The lowest BCUT2D eigenvalue weighted by Crippen LogP contribution is -2.35. The molecule has 0 aromatic carbocycles. The highest BCUT2D eigenvalue weighted by Crippen LogP contribution is 2.21. The molecule has 0 atom stereocenters. The molecule has 8 nitrogen and oxygen atoms in total. The molecule has 0 aliphatic rings. The second-order valence-corrected chi connectivity index (χ2v) is 6.53. The predicted molar refractivity (Wildman–Crippen MR) is 104 cm³/mol. The Bertz CT molecular complexity index is 1020. The van der Waals surface area contributed by atoms with Gasteiger partial charge in [0.15, 0.2) is 11.5 Å². The van der Waals surface area contributed by atoms with E-state index in [2.05, 4.69) is 9.97 Å². The highest BCUT2D eigenvalue weighted by atomic mass is 16.5. The highest BCUT2D eigenvalue weighted by Gasteiger charge is 2.26. The van der Waals surface area contributed by atoms with E-state index in [1.807, 2.05) is 0 Å². The summed E-state index contributed by atoms with van der Waals surface area (Å²) < 4.78 is 9.96. The first-order valence-electron chi connectivity index (χ1n) is 8.94. The molecule has 3 aromatic rings. The Morgan fingerprint density at radius 3 is 2.52 bits per heavy atom. The second-order valence-electron chi connectivity index (χ2n) is 6.53. The van der Waals surface area contributed by atoms with Crippen molar-refractivity contribution in [3.63, 3.8) is 0 Å². The Morgan fingerprint density at radius 1 is 1.17 bits per heavy atom. The number of hydrogen-bond acceptors (Lipinski definition) is 6. The quantitative estimate of drug-likeness (QED) is 0.487. The van der Waals surface area contributed by atoms with Gasteiger partial charge in [-0.3, -0.25) is 14.6 Å². The summed E-state index contributed by atoms with van der Waals surface area (Å²) in [5, 5.41) is 0. The molecule has 0 spiro atoms. The molecule has 1 N–H and O–H groups in total. The minimum atomic E-state index is -0.551. The Hall–Kier alpha value is -3.68. The SMILES string of the molecule is COC(=O)c1[nH]c(C)c(C(=O)CN(Cc2ccncc2)C(=O)c2ccco2)c1C. The molecule has 0 aliphatic carbocycles. The zero-order chi connectivity index (χ0) is 21.0. The number of methoxy groups -OCH3 is 1. The molecule has 1 amide bonds. The number of amides is 1. The molecular formula is C21H21N3O5. The van der Waals surface area contributed by atoms with Crippen molar-refractivity contribution in [2.45, 2.75) is 20.4 Å². The van der Waals surface area contributed by atoms with Crippen LogP contribution in [0.15, 0.2) is 47.3 Å². The Morgan fingerprint density at radius 2 is 1.90 bits per heavy atom. The number of ether oxygens (including phenoxy) is 1. The van der Waals surface area contributed by atoms with Gasteiger partial charge in [0, 0.05) is 30.2 Å². The number of carbonyl (C=O) groups excluding carboxylic acids is 3. The monoisotopic (exact) mass is 395 g/mol. The molecule has 0 saturated carbocycles. The van der Waals surface area contributed by atoms with Crippen LogP contribution in [0.3, 0.4) is 0 Å². The van der Waals surface area contributed by atoms with Crippen LogP contribution < -0.4 is 0 Å². The van der Waals surface area contributed by atoms with Gasteiger partial charge < -0.3 is 19.0 Å². The Kier molecular flexibility index (Phi) is 5.92. The van der Waals surface area contributed by atoms with Gasteiger partial charge in [0.1, 0.15) is 5.69 Å². The number of Topliss-reactive ketones (excluding diaryl/α,β-unsaturated/α-hetero) is 1. The van der Waals surface area contributed by atoms with E-state index in [-0.39, 0.29) is 30.3 Å². The number of esters is 1. The van der Waals surface area contributed by atoms with E-state index in [1.165, 1.54) is 18.3 Å². The third kappa shape index (κ3) is 4.26. The van der Waals surface area contributed by atoms with Gasteiger partial charge in [-0.05, 0) is 49.2 Å². The van der Waals surface area contributed by atoms with E-state index in [0.29, 0.717) is 16.8 Å². The van der Waals surface area contributed by atoms with E-state index in [9.17, 15) is 14.4 Å². The number of aromatic amines is 1. The molecule has 29 heavy (non-hydrogen) atoms. The van der Waals surface area contributed by atoms with Gasteiger partial charge in [-0.2, -0.15) is 0 Å². The number of aromatic nitrogens is 2. The number of pyridine rings is 1. The Labute approximate surface area is 167 Å². The molecule has 3 heterocycles. The van der Waals surface area contributed by atoms with Crippen molar-refractivity contribution in [3.8, 4) is 0 Å². The van der Waals surface area contributed by atoms with Crippen LogP contribution in [0.5, 0.6) is 0 Å². The number of furan rings is 1. The lowest BCUT2D eigenvalue weighted by Gasteiger charge is -2.21. The minimum Gasteiger partial charge on any atom is -0.464 e. The fourth-order valence-electron chi connectivity index (χ4n) is 3.19. The van der Waals surface area contributed by atoms with Crippen LogP contribution in [0.4, 0.5) is 0 Å². The molecule has 150 valence electrons. The highest BCUT2D eigenvalue weighted by molar-refractivity contribution is 6.05. The van der Waals surface area contributed by atoms with Gasteiger partial charge in [0.25, 0.3) is 5.91 Å². The van der Waals surface area contributed by atoms with Crippen molar-refractivity contribution >= 4 is 17.7 Å². The molecule has 0 unspecified atom stereocenters. The van der Waals surface area contributed by atoms with Crippen molar-refractivity contribution in [2.75, 3.05) is 13.7 Å². The number of rotatable bonds is 7. The normalized spacial score (nSPS) is 10.6. The van der Waals surface area contributed by atoms with Crippen molar-refractivity contribution in [2.24, 2.45) is 0 Å². The van der Waals surface area contributed by atoms with E-state index in [0.717, 1.165) is 5.56 Å². The molecule has 0 saturated heterocycles. The van der Waals surface area contributed by atoms with Crippen molar-refractivity contribution in [3.05, 3.63) is 76.8 Å². The summed E-state index contributed by atoms with van der Waals surface area (Å²) >= 11 is 0. The van der Waals surface area contributed by atoms with Gasteiger partial charge in [0.2, 0.25) is 0 Å². The molecule has 0 fully saturated rings. The van der Waals surface area contributed by atoms with Crippen LogP contribution in [0.2, 0.25) is 0 Å². The van der Waals surface area contributed by atoms with Gasteiger partial charge in [-0.1, -0.05) is 0 Å². The van der Waals surface area contributed by atoms with Gasteiger partial charge in [-0.25, -0.2) is 4.79 Å². The van der Waals surface area contributed by atoms with Gasteiger partial charge in [0.05, 0.1) is 19.9 Å². The van der Waals surface area contributed by atoms with E-state index < -0.39 is 11.9 Å². The maximum Gasteiger partial charge on any atom is 0.354 e. The lowest BCUT2D eigenvalue weighted by molar-refractivity contribution is 0.0593. The maximum atomic E-state index is 13.1. The molecule has 8 heteroatoms. The zero-order valence-electron chi connectivity index (χ0n) is 16.4. The van der Waals surface area contributed by atoms with Crippen LogP contribution >= 0.6 is 0 Å². The summed E-state index contributed by atoms with van der Waals surface area (Å²) in [7, 11) is 1.28. The van der Waals surface area contributed by atoms with Crippen LogP contribution in [0.1, 0.15) is 48.2 Å². The third-order valence-electron chi connectivity index (χ3n) is 4.58. The summed E-state index contributed by atoms with van der Waals surface area (Å²) in [6.45, 7) is 3.40. The number of carbonyl (C=O) groups is 3. The van der Waals surface area contributed by atoms with Gasteiger partial charge in [-0.15, -0.1) is 0 Å². The lowest BCUT2D eigenvalue weighted by atomic mass is 10.0. The number of ketones is 1. The molecule has 3 rings (SSSR count). The summed E-state index contributed by atoms with van der Waals surface area (Å²) in [6.07, 6.45) is 4.65. The van der Waals surface area contributed by atoms with Crippen molar-refractivity contribution in [1.82, 2.24) is 14.9 Å². The number of nitrogens with zero attached hydrogens (tertiary/aromatic N) is 2. The largest absolute Gasteiger partial charge is 0.464 e. The molecule has 0 radical (unpaired) electrons. The standard InChI is InChI=1S/C21H21N3O5/c1-13-18(14(2)23-19(13)21(27)28-3)16(25)12-24(11-15-6-8-22-9-7-15)20(26)17-5-4-10-29-17/h4-10,23H,11-12H2,1-3H3. The van der Waals surface area contributed by atoms with E-state index in [1.54, 1.807) is 50.5 Å². The van der Waals surface area contributed by atoms with Crippen LogP contribution in [-0.2, 0) is 11.3 Å². The molecule has 0 aliphatic heterocycles. The van der Waals surface area contributed by atoms with Crippen LogP contribution in [0, 0.1) is 13.8 Å². The first-order chi connectivity index (χ1) is 13.9. The Balaban J connectivity index is 1.89. The number of aryl methyl sites for hydroxylation is 1. The summed E-state index contributed by atoms with van der Waals surface area (Å²) in [4.78, 5) is 46.1. The molecular weight excluding hydrogens is 374 g/mol. The van der Waals surface area contributed by atoms with Crippen molar-refractivity contribution < 1.29 is 23.5 Å². The van der Waals surface area contributed by atoms with Gasteiger partial charge >= 0.3 is 5.97 Å². The molecule has 0 bridgehead atoms. The first kappa shape index (κ1) is 20.1. The number of H-pyrrole nitrogens is 1. The smallest absolute Gasteiger partial charge is 0.354 e. The predicted octanol–water partition coefficient (Wildman–Crippen LogP) is 2.93. The fraction of sp³-hybridized carbons (Fsp3) is 0.238. The topological polar surface area (TPSA) is 106 Å².